The third-order valence-electron chi connectivity index (χ3n) is 5.46. The number of aryl methyl sites for hydroxylation is 1. The second-order valence-corrected chi connectivity index (χ2v) is 7.37. The average molecular weight is 374 g/mol. The minimum Gasteiger partial charge on any atom is -0.317 e. The summed E-state index contributed by atoms with van der Waals surface area (Å²) in [5.41, 5.74) is 3.93. The number of nitrogens with zero attached hydrogens (tertiary/aromatic N) is 5. The molecule has 0 aliphatic carbocycles. The number of nitriles is 1. The van der Waals surface area contributed by atoms with Gasteiger partial charge < -0.3 is 9.72 Å². The van der Waals surface area contributed by atoms with Gasteiger partial charge in [0.25, 0.3) is 0 Å². The number of hydrogen-bond acceptors (Lipinski definition) is 4. The van der Waals surface area contributed by atoms with E-state index in [-0.39, 0.29) is 5.82 Å². The van der Waals surface area contributed by atoms with Crippen LogP contribution in [0.2, 0.25) is 0 Å². The first-order valence-corrected chi connectivity index (χ1v) is 9.39. The Morgan fingerprint density at radius 3 is 2.75 bits per heavy atom. The Bertz CT molecular complexity index is 1240. The maximum atomic E-state index is 14.8. The van der Waals surface area contributed by atoms with E-state index >= 15 is 0 Å². The normalized spacial score (nSPS) is 15.3. The number of nitrogens with one attached hydrogen (secondary N) is 1. The van der Waals surface area contributed by atoms with Crippen molar-refractivity contribution in [2.45, 2.75) is 18.8 Å². The lowest BCUT2D eigenvalue weighted by atomic mass is 9.95. The molecule has 140 valence electrons. The molecule has 4 heterocycles. The fourth-order valence-electron chi connectivity index (χ4n) is 4.05. The maximum absolute atomic E-state index is 14.8. The van der Waals surface area contributed by atoms with E-state index in [1.54, 1.807) is 15.1 Å². The van der Waals surface area contributed by atoms with Crippen molar-refractivity contribution >= 4 is 16.6 Å². The van der Waals surface area contributed by atoms with Crippen molar-refractivity contribution in [3.63, 3.8) is 0 Å². The fourth-order valence-corrected chi connectivity index (χ4v) is 4.05. The van der Waals surface area contributed by atoms with Crippen molar-refractivity contribution < 1.29 is 4.39 Å². The Labute approximate surface area is 161 Å². The van der Waals surface area contributed by atoms with Crippen LogP contribution < -0.4 is 5.32 Å². The highest BCUT2D eigenvalue weighted by atomic mass is 19.1. The van der Waals surface area contributed by atoms with Crippen LogP contribution in [0.3, 0.4) is 0 Å². The molecule has 3 aromatic heterocycles. The molecular formula is C21H19FN6. The molecule has 1 aliphatic heterocycles. The minimum atomic E-state index is -0.359. The van der Waals surface area contributed by atoms with Gasteiger partial charge in [-0.15, -0.1) is 0 Å². The molecule has 0 unspecified atom stereocenters. The average Bonchev–Trinajstić information content (AvgIpc) is 3.30. The van der Waals surface area contributed by atoms with Crippen LogP contribution in [0.5, 0.6) is 0 Å². The number of piperidine rings is 1. The van der Waals surface area contributed by atoms with E-state index in [2.05, 4.69) is 21.5 Å². The summed E-state index contributed by atoms with van der Waals surface area (Å²) < 4.78 is 18.3. The molecule has 0 radical (unpaired) electrons. The summed E-state index contributed by atoms with van der Waals surface area (Å²) in [7, 11) is 1.82. The van der Waals surface area contributed by atoms with E-state index in [0.717, 1.165) is 42.6 Å². The highest BCUT2D eigenvalue weighted by molar-refractivity contribution is 5.89. The van der Waals surface area contributed by atoms with Crippen LogP contribution >= 0.6 is 0 Å². The van der Waals surface area contributed by atoms with Gasteiger partial charge in [-0.1, -0.05) is 0 Å². The molecule has 5 rings (SSSR count). The van der Waals surface area contributed by atoms with Crippen molar-refractivity contribution in [2.75, 3.05) is 13.1 Å². The van der Waals surface area contributed by atoms with Gasteiger partial charge in [0.1, 0.15) is 11.6 Å². The molecule has 28 heavy (non-hydrogen) atoms. The maximum Gasteiger partial charge on any atom is 0.173 e. The first-order valence-electron chi connectivity index (χ1n) is 9.39. The number of pyridine rings is 1. The molecule has 0 saturated carbocycles. The molecule has 6 nitrogen and oxygen atoms in total. The molecular weight excluding hydrogens is 355 g/mol. The van der Waals surface area contributed by atoms with Gasteiger partial charge in [-0.05, 0) is 49.7 Å². The lowest BCUT2D eigenvalue weighted by molar-refractivity contribution is 0.454. The van der Waals surface area contributed by atoms with Crippen LogP contribution in [0.25, 0.3) is 27.7 Å². The van der Waals surface area contributed by atoms with Crippen molar-refractivity contribution in [2.24, 2.45) is 7.05 Å². The third kappa shape index (κ3) is 2.74. The van der Waals surface area contributed by atoms with Crippen molar-refractivity contribution in [3.8, 4) is 17.2 Å². The molecule has 4 aromatic rings. The summed E-state index contributed by atoms with van der Waals surface area (Å²) in [6, 6.07) is 7.39. The second kappa shape index (κ2) is 6.43. The highest BCUT2D eigenvalue weighted by Gasteiger charge is 2.20. The summed E-state index contributed by atoms with van der Waals surface area (Å²) in [6.07, 6.45) is 7.71. The Balaban J connectivity index is 1.63. The van der Waals surface area contributed by atoms with Gasteiger partial charge in [-0.25, -0.2) is 9.37 Å². The molecule has 7 heteroatoms. The number of rotatable bonds is 2. The lowest BCUT2D eigenvalue weighted by Gasteiger charge is -2.20. The summed E-state index contributed by atoms with van der Waals surface area (Å²) in [4.78, 5) is 4.55. The molecule has 0 atom stereocenters. The Morgan fingerprint density at radius 2 is 1.96 bits per heavy atom. The van der Waals surface area contributed by atoms with Gasteiger partial charge in [0.2, 0.25) is 0 Å². The smallest absolute Gasteiger partial charge is 0.173 e. The van der Waals surface area contributed by atoms with Crippen molar-refractivity contribution in [3.05, 3.63) is 53.9 Å². The topological polar surface area (TPSA) is 70.9 Å². The van der Waals surface area contributed by atoms with Crippen LogP contribution in [0.1, 0.15) is 30.0 Å². The zero-order valence-corrected chi connectivity index (χ0v) is 15.5. The van der Waals surface area contributed by atoms with E-state index in [9.17, 15) is 9.65 Å². The number of imidazole rings is 1. The number of halogens is 1. The SMILES string of the molecule is Cn1cc2cc(-c3cc(F)c4nc(C5CCNCC5)cn4c3)cc(C#N)c2n1. The second-order valence-electron chi connectivity index (χ2n) is 7.37. The van der Waals surface area contributed by atoms with E-state index in [0.29, 0.717) is 28.2 Å². The predicted octanol–water partition coefficient (Wildman–Crippen LogP) is 3.37. The molecule has 0 bridgehead atoms. The molecule has 1 aliphatic rings. The lowest BCUT2D eigenvalue weighted by Crippen LogP contribution is -2.26. The predicted molar refractivity (Wildman–Crippen MR) is 104 cm³/mol. The first kappa shape index (κ1) is 16.9. The van der Waals surface area contributed by atoms with Crippen LogP contribution in [0.4, 0.5) is 4.39 Å². The molecule has 1 fully saturated rings. The Hall–Kier alpha value is -3.24. The zero-order valence-electron chi connectivity index (χ0n) is 15.5. The number of aromatic nitrogens is 4. The standard InChI is InChI=1S/C21H19FN6/c1-27-10-17-7-14(6-15(9-23)20(17)26-27)16-8-18(22)21-25-19(12-28(21)11-16)13-2-4-24-5-3-13/h6-8,10-13,24H,2-5H2,1H3. The van der Waals surface area contributed by atoms with Gasteiger partial charge >= 0.3 is 0 Å². The molecule has 0 spiro atoms. The van der Waals surface area contributed by atoms with Gasteiger partial charge in [0, 0.05) is 42.5 Å². The minimum absolute atomic E-state index is 0.347. The van der Waals surface area contributed by atoms with Gasteiger partial charge in [0.05, 0.1) is 11.3 Å². The third-order valence-corrected chi connectivity index (χ3v) is 5.46. The summed E-state index contributed by atoms with van der Waals surface area (Å²) in [5.74, 6) is 0.00316. The molecule has 1 N–H and O–H groups in total. The summed E-state index contributed by atoms with van der Waals surface area (Å²) in [6.45, 7) is 1.93. The van der Waals surface area contributed by atoms with Crippen molar-refractivity contribution in [1.29, 1.82) is 5.26 Å². The van der Waals surface area contributed by atoms with E-state index in [1.165, 1.54) is 6.07 Å². The van der Waals surface area contributed by atoms with Gasteiger partial charge in [-0.3, -0.25) is 4.68 Å². The van der Waals surface area contributed by atoms with Crippen LogP contribution in [0, 0.1) is 17.1 Å². The summed E-state index contributed by atoms with van der Waals surface area (Å²) in [5, 5.41) is 18.0. The monoisotopic (exact) mass is 374 g/mol. The summed E-state index contributed by atoms with van der Waals surface area (Å²) >= 11 is 0. The molecule has 1 aromatic carbocycles. The molecule has 0 amide bonds. The van der Waals surface area contributed by atoms with E-state index in [1.807, 2.05) is 31.7 Å². The van der Waals surface area contributed by atoms with Crippen LogP contribution in [-0.4, -0.2) is 32.3 Å². The van der Waals surface area contributed by atoms with E-state index in [4.69, 9.17) is 0 Å². The largest absolute Gasteiger partial charge is 0.317 e. The number of fused-ring (bicyclic) bond motifs is 2. The quantitative estimate of drug-likeness (QED) is 0.584. The van der Waals surface area contributed by atoms with E-state index < -0.39 is 0 Å². The highest BCUT2D eigenvalue weighted by Crippen LogP contribution is 2.30. The van der Waals surface area contributed by atoms with Crippen molar-refractivity contribution in [1.82, 2.24) is 24.5 Å². The van der Waals surface area contributed by atoms with Gasteiger partial charge in [-0.2, -0.15) is 10.4 Å². The van der Waals surface area contributed by atoms with Gasteiger partial charge in [0.15, 0.2) is 11.5 Å². The fraction of sp³-hybridized carbons (Fsp3) is 0.286. The van der Waals surface area contributed by atoms with Crippen LogP contribution in [0.15, 0.2) is 36.8 Å². The first-order chi connectivity index (χ1) is 13.6. The Morgan fingerprint density at radius 1 is 1.14 bits per heavy atom. The number of benzene rings is 1. The molecule has 1 saturated heterocycles. The zero-order chi connectivity index (χ0) is 19.3. The Kier molecular flexibility index (Phi) is 3.88. The van der Waals surface area contributed by atoms with Crippen LogP contribution in [-0.2, 0) is 7.05 Å². The number of hydrogen-bond donors (Lipinski definition) is 1.